The second-order valence-electron chi connectivity index (χ2n) is 14.5. The lowest BCUT2D eigenvalue weighted by Crippen LogP contribution is -2.32. The molecule has 0 unspecified atom stereocenters. The predicted molar refractivity (Wildman–Crippen MR) is 226 cm³/mol. The van der Waals surface area contributed by atoms with E-state index >= 15 is 0 Å². The highest BCUT2D eigenvalue weighted by atomic mass is 32.2. The minimum absolute atomic E-state index is 0.0871. The maximum atomic E-state index is 12.9. The molecular formula is C46H50N6O5S. The van der Waals surface area contributed by atoms with Crippen LogP contribution in [0.1, 0.15) is 68.2 Å². The minimum Gasteiger partial charge on any atom is -0.387 e. The summed E-state index contributed by atoms with van der Waals surface area (Å²) in [5.41, 5.74) is 7.75. The maximum absolute atomic E-state index is 12.9. The second-order valence-corrected chi connectivity index (χ2v) is 16.3. The van der Waals surface area contributed by atoms with E-state index in [4.69, 9.17) is 0 Å². The van der Waals surface area contributed by atoms with E-state index < -0.39 is 16.1 Å². The number of sulfonamides is 1. The van der Waals surface area contributed by atoms with Crippen LogP contribution in [0.4, 0.5) is 0 Å². The fourth-order valence-electron chi connectivity index (χ4n) is 6.67. The van der Waals surface area contributed by atoms with Crippen LogP contribution >= 0.6 is 0 Å². The summed E-state index contributed by atoms with van der Waals surface area (Å²) in [7, 11) is -3.74. The molecule has 0 aliphatic heterocycles. The standard InChI is InChI=1S/C46H50N6O5S/c1-32(47-31-43(53)41-21-22-44(48-30-41)52-33(2)15-16-34(52)3)23-37-11-7-12-38(24-37)26-45(54)49-27-36-17-19-40(20-18-36)46(55)50-28-39-13-8-14-42(25-39)58(56,57)51-29-35-9-5-4-6-10-35/h4-22,24-25,30,32,43,47,51,53H,23,26-29,31H2,1-3H3,(H,49,54)(H,50,55)/t32-,43+/m1/s1. The smallest absolute Gasteiger partial charge is 0.251 e. The van der Waals surface area contributed by atoms with Gasteiger partial charge in [0, 0.05) is 60.9 Å². The molecule has 58 heavy (non-hydrogen) atoms. The van der Waals surface area contributed by atoms with Crippen molar-refractivity contribution in [3.63, 3.8) is 0 Å². The number of carbonyl (C=O) groups is 2. The topological polar surface area (TPSA) is 154 Å². The number of aliphatic hydroxyl groups excluding tert-OH is 1. The monoisotopic (exact) mass is 798 g/mol. The molecule has 300 valence electrons. The van der Waals surface area contributed by atoms with Crippen molar-refractivity contribution in [3.05, 3.63) is 184 Å². The van der Waals surface area contributed by atoms with E-state index in [1.54, 1.807) is 48.7 Å². The van der Waals surface area contributed by atoms with Crippen molar-refractivity contribution in [2.75, 3.05) is 6.54 Å². The number of aliphatic hydroxyl groups is 1. The Bertz CT molecular complexity index is 2400. The van der Waals surface area contributed by atoms with E-state index in [9.17, 15) is 23.1 Å². The first-order valence-electron chi connectivity index (χ1n) is 19.3. The number of benzene rings is 4. The molecule has 6 rings (SSSR count). The summed E-state index contributed by atoms with van der Waals surface area (Å²) in [6.45, 7) is 7.18. The van der Waals surface area contributed by atoms with Crippen LogP contribution in [0.3, 0.4) is 0 Å². The molecule has 6 aromatic rings. The van der Waals surface area contributed by atoms with Gasteiger partial charge < -0.3 is 25.6 Å². The van der Waals surface area contributed by atoms with Crippen molar-refractivity contribution in [1.29, 1.82) is 0 Å². The summed E-state index contributed by atoms with van der Waals surface area (Å²) in [5.74, 6) is 0.409. The summed E-state index contributed by atoms with van der Waals surface area (Å²) < 4.78 is 30.4. The predicted octanol–water partition coefficient (Wildman–Crippen LogP) is 6.01. The maximum Gasteiger partial charge on any atom is 0.251 e. The normalized spacial score (nSPS) is 12.5. The number of aryl methyl sites for hydroxylation is 2. The molecule has 0 fully saturated rings. The van der Waals surface area contributed by atoms with Gasteiger partial charge in [0.25, 0.3) is 5.91 Å². The van der Waals surface area contributed by atoms with Crippen molar-refractivity contribution in [2.24, 2.45) is 0 Å². The van der Waals surface area contributed by atoms with E-state index in [0.29, 0.717) is 24.2 Å². The van der Waals surface area contributed by atoms with Gasteiger partial charge in [0.05, 0.1) is 17.4 Å². The highest BCUT2D eigenvalue weighted by molar-refractivity contribution is 7.89. The van der Waals surface area contributed by atoms with Gasteiger partial charge in [0.15, 0.2) is 0 Å². The molecule has 0 aliphatic rings. The van der Waals surface area contributed by atoms with Crippen LogP contribution in [0, 0.1) is 13.8 Å². The fraction of sp³-hybridized carbons (Fsp3) is 0.239. The van der Waals surface area contributed by atoms with E-state index in [0.717, 1.165) is 51.4 Å². The third-order valence-corrected chi connectivity index (χ3v) is 11.3. The van der Waals surface area contributed by atoms with E-state index in [1.807, 2.05) is 80.6 Å². The molecule has 2 aromatic heterocycles. The second kappa shape index (κ2) is 19.5. The van der Waals surface area contributed by atoms with Gasteiger partial charge >= 0.3 is 0 Å². The Labute approximate surface area is 340 Å². The first-order chi connectivity index (χ1) is 27.9. The Morgan fingerprint density at radius 1 is 0.707 bits per heavy atom. The van der Waals surface area contributed by atoms with Crippen molar-refractivity contribution in [2.45, 2.75) is 70.3 Å². The average Bonchev–Trinajstić information content (AvgIpc) is 3.58. The summed E-state index contributed by atoms with van der Waals surface area (Å²) in [5, 5.41) is 20.1. The number of hydrogen-bond donors (Lipinski definition) is 5. The molecule has 2 amide bonds. The largest absolute Gasteiger partial charge is 0.387 e. The van der Waals surface area contributed by atoms with Gasteiger partial charge in [-0.3, -0.25) is 9.59 Å². The van der Waals surface area contributed by atoms with Gasteiger partial charge in [-0.05, 0) is 97.5 Å². The van der Waals surface area contributed by atoms with Crippen molar-refractivity contribution in [3.8, 4) is 5.82 Å². The van der Waals surface area contributed by atoms with Crippen LogP contribution in [0.25, 0.3) is 5.82 Å². The number of pyridine rings is 1. The third kappa shape index (κ3) is 11.6. The highest BCUT2D eigenvalue weighted by Gasteiger charge is 2.16. The summed E-state index contributed by atoms with van der Waals surface area (Å²) in [4.78, 5) is 30.5. The van der Waals surface area contributed by atoms with Crippen LogP contribution in [-0.4, -0.2) is 47.5 Å². The van der Waals surface area contributed by atoms with E-state index in [1.165, 1.54) is 6.07 Å². The van der Waals surface area contributed by atoms with Crippen LogP contribution in [0.15, 0.2) is 138 Å². The first kappa shape index (κ1) is 41.7. The molecule has 0 bridgehead atoms. The van der Waals surface area contributed by atoms with Crippen molar-refractivity contribution in [1.82, 2.24) is 30.2 Å². The van der Waals surface area contributed by atoms with Gasteiger partial charge in [-0.15, -0.1) is 0 Å². The molecular weight excluding hydrogens is 749 g/mol. The average molecular weight is 799 g/mol. The number of nitrogens with zero attached hydrogens (tertiary/aromatic N) is 2. The lowest BCUT2D eigenvalue weighted by atomic mass is 10.0. The molecule has 12 heteroatoms. The summed E-state index contributed by atoms with van der Waals surface area (Å²) in [6, 6.07) is 38.7. The SMILES string of the molecule is Cc1ccc(C)n1-c1ccc([C@@H](O)CN[C@H](C)Cc2cccc(CC(=O)NCc3ccc(C(=O)NCc4cccc(S(=O)(=O)NCc5ccccc5)c4)cc3)c2)cn1. The van der Waals surface area contributed by atoms with Gasteiger partial charge in [0.2, 0.25) is 15.9 Å². The number of aromatic nitrogens is 2. The number of carbonyl (C=O) groups excluding carboxylic acids is 2. The number of amides is 2. The molecule has 0 radical (unpaired) electrons. The third-order valence-electron chi connectivity index (χ3n) is 9.89. The number of hydrogen-bond acceptors (Lipinski definition) is 7. The lowest BCUT2D eigenvalue weighted by Gasteiger charge is -2.18. The summed E-state index contributed by atoms with van der Waals surface area (Å²) >= 11 is 0. The first-order valence-corrected chi connectivity index (χ1v) is 20.8. The zero-order chi connectivity index (χ0) is 41.1. The van der Waals surface area contributed by atoms with Crippen LogP contribution in [0.2, 0.25) is 0 Å². The van der Waals surface area contributed by atoms with Crippen molar-refractivity contribution >= 4 is 21.8 Å². The molecule has 0 saturated heterocycles. The Morgan fingerprint density at radius 3 is 2.09 bits per heavy atom. The molecule has 5 N–H and O–H groups in total. The number of nitrogens with one attached hydrogen (secondary N) is 4. The fourth-order valence-corrected chi connectivity index (χ4v) is 7.75. The molecule has 2 atom stereocenters. The molecule has 4 aromatic carbocycles. The molecule has 2 heterocycles. The summed E-state index contributed by atoms with van der Waals surface area (Å²) in [6.07, 6.45) is 1.98. The lowest BCUT2D eigenvalue weighted by molar-refractivity contribution is -0.120. The van der Waals surface area contributed by atoms with Crippen molar-refractivity contribution < 1.29 is 23.1 Å². The Balaban J connectivity index is 0.913. The Morgan fingerprint density at radius 2 is 1.36 bits per heavy atom. The Hall–Kier alpha value is -5.92. The molecule has 11 nitrogen and oxygen atoms in total. The zero-order valence-corrected chi connectivity index (χ0v) is 33.8. The Kier molecular flexibility index (Phi) is 14.0. The quantitative estimate of drug-likeness (QED) is 0.0714. The van der Waals surface area contributed by atoms with Crippen LogP contribution in [-0.2, 0) is 47.3 Å². The van der Waals surface area contributed by atoms with Gasteiger partial charge in [0.1, 0.15) is 5.82 Å². The molecule has 0 spiro atoms. The van der Waals surface area contributed by atoms with Gasteiger partial charge in [-0.25, -0.2) is 18.1 Å². The van der Waals surface area contributed by atoms with Gasteiger partial charge in [-0.2, -0.15) is 0 Å². The minimum atomic E-state index is -3.74. The molecule has 0 aliphatic carbocycles. The number of rotatable bonds is 18. The van der Waals surface area contributed by atoms with E-state index in [-0.39, 0.29) is 42.3 Å². The highest BCUT2D eigenvalue weighted by Crippen LogP contribution is 2.18. The zero-order valence-electron chi connectivity index (χ0n) is 33.0. The van der Waals surface area contributed by atoms with Gasteiger partial charge in [-0.1, -0.05) is 84.9 Å². The van der Waals surface area contributed by atoms with Crippen LogP contribution in [0.5, 0.6) is 0 Å². The molecule has 0 saturated carbocycles. The van der Waals surface area contributed by atoms with E-state index in [2.05, 4.69) is 49.3 Å². The van der Waals surface area contributed by atoms with Crippen LogP contribution < -0.4 is 20.7 Å².